The van der Waals surface area contributed by atoms with E-state index in [0.717, 1.165) is 31.2 Å². The van der Waals surface area contributed by atoms with Crippen LogP contribution >= 0.6 is 11.6 Å². The van der Waals surface area contributed by atoms with Gasteiger partial charge in [0.15, 0.2) is 0 Å². The minimum Gasteiger partial charge on any atom is -0.459 e. The maximum absolute atomic E-state index is 6.00. The van der Waals surface area contributed by atoms with E-state index in [0.29, 0.717) is 11.0 Å². The van der Waals surface area contributed by atoms with Crippen LogP contribution in [0.2, 0.25) is 5.02 Å². The van der Waals surface area contributed by atoms with Crippen molar-refractivity contribution in [2.75, 3.05) is 19.6 Å². The number of allylic oxidation sites excluding steroid dienone is 3. The lowest BCUT2D eigenvalue weighted by Gasteiger charge is -2.23. The molecule has 0 aromatic carbocycles. The summed E-state index contributed by atoms with van der Waals surface area (Å²) in [6.07, 6.45) is 14.1. The summed E-state index contributed by atoms with van der Waals surface area (Å²) in [6, 6.07) is 0.404. The molecule has 1 aromatic heterocycles. The molecule has 3 rings (SSSR count). The molecule has 0 saturated carbocycles. The van der Waals surface area contributed by atoms with Crippen LogP contribution in [0.1, 0.15) is 25.7 Å². The van der Waals surface area contributed by atoms with Crippen molar-refractivity contribution in [3.05, 3.63) is 42.2 Å². The Morgan fingerprint density at radius 3 is 2.52 bits per heavy atom. The van der Waals surface area contributed by atoms with E-state index in [2.05, 4.69) is 33.6 Å². The fourth-order valence-electron chi connectivity index (χ4n) is 3.55. The third-order valence-electron chi connectivity index (χ3n) is 4.72. The monoisotopic (exact) mass is 333 g/mol. The summed E-state index contributed by atoms with van der Waals surface area (Å²) < 4.78 is 6.00. The second-order valence-corrected chi connectivity index (χ2v) is 6.91. The Labute approximate surface area is 143 Å². The van der Waals surface area contributed by atoms with Crippen LogP contribution in [0.4, 0.5) is 0 Å². The first-order valence-corrected chi connectivity index (χ1v) is 8.75. The minimum atomic E-state index is 0.0855. The zero-order valence-corrected chi connectivity index (χ0v) is 14.2. The number of fused-ring (bicyclic) bond motifs is 1. The van der Waals surface area contributed by atoms with Gasteiger partial charge in [-0.3, -0.25) is 4.90 Å². The van der Waals surface area contributed by atoms with Gasteiger partial charge in [-0.05, 0) is 37.5 Å². The summed E-state index contributed by atoms with van der Waals surface area (Å²) >= 11 is 5.83. The predicted octanol–water partition coefficient (Wildman–Crippen LogP) is 3.74. The second-order valence-electron chi connectivity index (χ2n) is 6.47. The molecule has 0 spiro atoms. The first-order valence-electron chi connectivity index (χ1n) is 8.37. The molecule has 1 aliphatic heterocycles. The number of hydrogen-bond donors (Lipinski definition) is 0. The molecule has 4 nitrogen and oxygen atoms in total. The Bertz CT molecular complexity index is 530. The summed E-state index contributed by atoms with van der Waals surface area (Å²) in [5.74, 6) is 1.62. The minimum absolute atomic E-state index is 0.0855. The maximum Gasteiger partial charge on any atom is 0.316 e. The van der Waals surface area contributed by atoms with E-state index in [1.54, 1.807) is 12.4 Å². The second kappa shape index (κ2) is 7.93. The van der Waals surface area contributed by atoms with E-state index in [4.69, 9.17) is 16.3 Å². The highest BCUT2D eigenvalue weighted by atomic mass is 35.5. The molecule has 2 heterocycles. The summed E-state index contributed by atoms with van der Waals surface area (Å²) in [5, 5.41) is 0.524. The summed E-state index contributed by atoms with van der Waals surface area (Å²) in [5.41, 5.74) is 0. The van der Waals surface area contributed by atoms with E-state index < -0.39 is 0 Å². The lowest BCUT2D eigenvalue weighted by atomic mass is 9.86. The van der Waals surface area contributed by atoms with Gasteiger partial charge < -0.3 is 4.74 Å². The Morgan fingerprint density at radius 2 is 1.91 bits per heavy atom. The Kier molecular flexibility index (Phi) is 5.68. The molecule has 1 aromatic rings. The number of likely N-dealkylation sites (tertiary alicyclic amines) is 1. The van der Waals surface area contributed by atoms with Gasteiger partial charge in [0, 0.05) is 19.6 Å². The summed E-state index contributed by atoms with van der Waals surface area (Å²) in [7, 11) is 0. The van der Waals surface area contributed by atoms with Crippen molar-refractivity contribution in [1.82, 2.24) is 14.9 Å². The Hall–Kier alpha value is -1.39. The van der Waals surface area contributed by atoms with E-state index in [1.165, 1.54) is 25.9 Å². The van der Waals surface area contributed by atoms with Crippen molar-refractivity contribution in [3.8, 4) is 6.01 Å². The van der Waals surface area contributed by atoms with Gasteiger partial charge in [0.1, 0.15) is 6.10 Å². The van der Waals surface area contributed by atoms with Crippen LogP contribution in [-0.4, -0.2) is 40.6 Å². The lowest BCUT2D eigenvalue weighted by Crippen LogP contribution is -2.35. The topological polar surface area (TPSA) is 38.2 Å². The molecule has 1 saturated heterocycles. The fraction of sp³-hybridized carbons (Fsp3) is 0.556. The summed E-state index contributed by atoms with van der Waals surface area (Å²) in [4.78, 5) is 10.8. The standard InChI is InChI=1S/C18H24ClN3O/c1-2-3-8-17(23-18-20-9-16(19)10-21-18)13-22-11-14-6-4-5-7-15(14)12-22/h2,4-5,9-10,14-15,17H,1,3,6-8,11-13H2/t14-,15+,17-/m0/s1. The van der Waals surface area contributed by atoms with Crippen LogP contribution in [0, 0.1) is 11.8 Å². The highest BCUT2D eigenvalue weighted by Crippen LogP contribution is 2.33. The molecule has 0 radical (unpaired) electrons. The number of nitrogens with zero attached hydrogens (tertiary/aromatic N) is 3. The Morgan fingerprint density at radius 1 is 1.26 bits per heavy atom. The zero-order valence-electron chi connectivity index (χ0n) is 13.4. The number of ether oxygens (including phenoxy) is 1. The van der Waals surface area contributed by atoms with Crippen LogP contribution < -0.4 is 4.74 Å². The van der Waals surface area contributed by atoms with Crippen molar-refractivity contribution in [2.24, 2.45) is 11.8 Å². The first kappa shape index (κ1) is 16.5. The molecule has 3 atom stereocenters. The molecule has 1 aliphatic carbocycles. The van der Waals surface area contributed by atoms with Gasteiger partial charge in [-0.25, -0.2) is 9.97 Å². The van der Waals surface area contributed by atoms with Crippen molar-refractivity contribution >= 4 is 11.6 Å². The Balaban J connectivity index is 1.58. The zero-order chi connectivity index (χ0) is 16.1. The number of hydrogen-bond acceptors (Lipinski definition) is 4. The molecule has 0 amide bonds. The SMILES string of the molecule is C=CCC[C@@H](CN1C[C@H]2CC=CC[C@H]2C1)Oc1ncc(Cl)cn1. The van der Waals surface area contributed by atoms with E-state index in [1.807, 2.05) is 6.08 Å². The van der Waals surface area contributed by atoms with E-state index >= 15 is 0 Å². The van der Waals surface area contributed by atoms with Crippen molar-refractivity contribution in [3.63, 3.8) is 0 Å². The molecule has 5 heteroatoms. The van der Waals surface area contributed by atoms with Crippen LogP contribution in [0.5, 0.6) is 6.01 Å². The third kappa shape index (κ3) is 4.55. The average molecular weight is 334 g/mol. The molecule has 0 N–H and O–H groups in total. The van der Waals surface area contributed by atoms with Gasteiger partial charge >= 0.3 is 6.01 Å². The smallest absolute Gasteiger partial charge is 0.316 e. The lowest BCUT2D eigenvalue weighted by molar-refractivity contribution is 0.126. The quantitative estimate of drug-likeness (QED) is 0.712. The van der Waals surface area contributed by atoms with Gasteiger partial charge in [0.2, 0.25) is 0 Å². The highest BCUT2D eigenvalue weighted by Gasteiger charge is 2.33. The van der Waals surface area contributed by atoms with Crippen LogP contribution in [0.15, 0.2) is 37.2 Å². The largest absolute Gasteiger partial charge is 0.459 e. The maximum atomic E-state index is 6.00. The molecule has 124 valence electrons. The molecular weight excluding hydrogens is 310 g/mol. The number of aromatic nitrogens is 2. The predicted molar refractivity (Wildman–Crippen MR) is 92.7 cm³/mol. The highest BCUT2D eigenvalue weighted by molar-refractivity contribution is 6.30. The van der Waals surface area contributed by atoms with Gasteiger partial charge in [-0.1, -0.05) is 29.8 Å². The first-order chi connectivity index (χ1) is 11.2. The van der Waals surface area contributed by atoms with Crippen molar-refractivity contribution in [1.29, 1.82) is 0 Å². The fourth-order valence-corrected chi connectivity index (χ4v) is 3.65. The van der Waals surface area contributed by atoms with Crippen LogP contribution in [0.3, 0.4) is 0 Å². The molecule has 0 unspecified atom stereocenters. The van der Waals surface area contributed by atoms with Gasteiger partial charge in [0.05, 0.1) is 17.4 Å². The third-order valence-corrected chi connectivity index (χ3v) is 4.91. The van der Waals surface area contributed by atoms with E-state index in [-0.39, 0.29) is 6.10 Å². The molecule has 23 heavy (non-hydrogen) atoms. The van der Waals surface area contributed by atoms with Crippen molar-refractivity contribution in [2.45, 2.75) is 31.8 Å². The summed E-state index contributed by atoms with van der Waals surface area (Å²) in [6.45, 7) is 7.08. The molecule has 1 fully saturated rings. The number of halogens is 1. The molecular formula is C18H24ClN3O. The molecule has 2 aliphatic rings. The van der Waals surface area contributed by atoms with Gasteiger partial charge in [-0.15, -0.1) is 6.58 Å². The molecule has 0 bridgehead atoms. The van der Waals surface area contributed by atoms with Gasteiger partial charge in [-0.2, -0.15) is 0 Å². The van der Waals surface area contributed by atoms with Crippen LogP contribution in [0.25, 0.3) is 0 Å². The van der Waals surface area contributed by atoms with Crippen LogP contribution in [-0.2, 0) is 0 Å². The van der Waals surface area contributed by atoms with E-state index in [9.17, 15) is 0 Å². The normalized spacial score (nSPS) is 25.1. The van der Waals surface area contributed by atoms with Crippen molar-refractivity contribution < 1.29 is 4.74 Å². The van der Waals surface area contributed by atoms with Gasteiger partial charge in [0.25, 0.3) is 0 Å². The average Bonchev–Trinajstić information content (AvgIpc) is 2.97. The number of rotatable bonds is 7.